The van der Waals surface area contributed by atoms with Crippen LogP contribution in [-0.4, -0.2) is 69.8 Å². The van der Waals surface area contributed by atoms with Crippen LogP contribution in [0.25, 0.3) is 0 Å². The van der Waals surface area contributed by atoms with Gasteiger partial charge in [-0.3, -0.25) is 14.5 Å². The van der Waals surface area contributed by atoms with Crippen molar-refractivity contribution in [1.82, 2.24) is 15.5 Å². The third-order valence-electron chi connectivity index (χ3n) is 6.67. The molecule has 1 aromatic carbocycles. The summed E-state index contributed by atoms with van der Waals surface area (Å²) in [6, 6.07) is 3.69. The molecule has 1 saturated heterocycles. The van der Waals surface area contributed by atoms with Crippen molar-refractivity contribution < 1.29 is 23.8 Å². The van der Waals surface area contributed by atoms with Crippen LogP contribution in [0.3, 0.4) is 0 Å². The van der Waals surface area contributed by atoms with Crippen molar-refractivity contribution in [2.75, 3.05) is 41.0 Å². The van der Waals surface area contributed by atoms with Gasteiger partial charge in [0.05, 0.1) is 27.9 Å². The Bertz CT molecular complexity index is 767. The van der Waals surface area contributed by atoms with Gasteiger partial charge in [-0.1, -0.05) is 19.8 Å². The highest BCUT2D eigenvalue weighted by Crippen LogP contribution is 2.38. The molecule has 8 heteroatoms. The lowest BCUT2D eigenvalue weighted by Crippen LogP contribution is -2.49. The van der Waals surface area contributed by atoms with E-state index in [0.29, 0.717) is 41.3 Å². The monoisotopic (exact) mass is 447 g/mol. The molecule has 1 aromatic rings. The van der Waals surface area contributed by atoms with Crippen LogP contribution in [-0.2, 0) is 4.79 Å². The molecular weight excluding hydrogens is 410 g/mol. The van der Waals surface area contributed by atoms with Gasteiger partial charge in [0.2, 0.25) is 11.7 Å². The Balaban J connectivity index is 1.48. The molecular formula is C24H37N3O5. The van der Waals surface area contributed by atoms with Crippen LogP contribution in [0.4, 0.5) is 0 Å². The van der Waals surface area contributed by atoms with E-state index < -0.39 is 0 Å². The summed E-state index contributed by atoms with van der Waals surface area (Å²) < 4.78 is 16.0. The van der Waals surface area contributed by atoms with Gasteiger partial charge in [-0.25, -0.2) is 0 Å². The number of benzene rings is 1. The van der Waals surface area contributed by atoms with Gasteiger partial charge < -0.3 is 24.8 Å². The SMILES string of the molecule is COc1cc(C(=O)NC2CCN(CC(=O)N[C@@H]3CCCC[C@@H]3C)CC2)cc(OC)c1OC. The Morgan fingerprint density at radius 3 is 2.12 bits per heavy atom. The topological polar surface area (TPSA) is 89.1 Å². The smallest absolute Gasteiger partial charge is 0.251 e. The number of nitrogens with zero attached hydrogens (tertiary/aromatic N) is 1. The van der Waals surface area contributed by atoms with Crippen LogP contribution >= 0.6 is 0 Å². The second-order valence-electron chi connectivity index (χ2n) is 8.87. The van der Waals surface area contributed by atoms with Crippen molar-refractivity contribution in [1.29, 1.82) is 0 Å². The predicted molar refractivity (Wildman–Crippen MR) is 123 cm³/mol. The molecule has 32 heavy (non-hydrogen) atoms. The van der Waals surface area contributed by atoms with E-state index in [1.165, 1.54) is 40.6 Å². The molecule has 0 unspecified atom stereocenters. The molecule has 1 saturated carbocycles. The number of amides is 2. The minimum atomic E-state index is -0.174. The van der Waals surface area contributed by atoms with E-state index >= 15 is 0 Å². The molecule has 2 fully saturated rings. The van der Waals surface area contributed by atoms with Crippen LogP contribution in [0, 0.1) is 5.92 Å². The third-order valence-corrected chi connectivity index (χ3v) is 6.67. The summed E-state index contributed by atoms with van der Waals surface area (Å²) in [4.78, 5) is 27.5. The quantitative estimate of drug-likeness (QED) is 0.637. The fourth-order valence-corrected chi connectivity index (χ4v) is 4.70. The number of nitrogens with one attached hydrogen (secondary N) is 2. The van der Waals surface area contributed by atoms with E-state index in [-0.39, 0.29) is 17.9 Å². The number of hydrogen-bond acceptors (Lipinski definition) is 6. The minimum Gasteiger partial charge on any atom is -0.493 e. The van der Waals surface area contributed by atoms with Crippen molar-refractivity contribution in [3.8, 4) is 17.2 Å². The fraction of sp³-hybridized carbons (Fsp3) is 0.667. The Morgan fingerprint density at radius 2 is 1.56 bits per heavy atom. The molecule has 178 valence electrons. The molecule has 0 bridgehead atoms. The molecule has 1 aliphatic carbocycles. The number of carbonyl (C=O) groups excluding carboxylic acids is 2. The highest BCUT2D eigenvalue weighted by atomic mass is 16.5. The largest absolute Gasteiger partial charge is 0.493 e. The summed E-state index contributed by atoms with van der Waals surface area (Å²) in [5.74, 6) is 1.86. The average molecular weight is 448 g/mol. The number of hydrogen-bond donors (Lipinski definition) is 2. The molecule has 0 aromatic heterocycles. The molecule has 0 radical (unpaired) electrons. The third kappa shape index (κ3) is 6.06. The fourth-order valence-electron chi connectivity index (χ4n) is 4.70. The van der Waals surface area contributed by atoms with E-state index in [2.05, 4.69) is 22.5 Å². The van der Waals surface area contributed by atoms with E-state index in [1.54, 1.807) is 12.1 Å². The summed E-state index contributed by atoms with van der Waals surface area (Å²) in [6.07, 6.45) is 6.37. The molecule has 2 aliphatic rings. The predicted octanol–water partition coefficient (Wildman–Crippen LogP) is 2.60. The van der Waals surface area contributed by atoms with Gasteiger partial charge in [0.1, 0.15) is 0 Å². The molecule has 2 amide bonds. The van der Waals surface area contributed by atoms with Crippen molar-refractivity contribution >= 4 is 11.8 Å². The molecule has 1 heterocycles. The van der Waals surface area contributed by atoms with Crippen LogP contribution in [0.5, 0.6) is 17.2 Å². The van der Waals surface area contributed by atoms with Gasteiger partial charge in [-0.2, -0.15) is 0 Å². The first-order chi connectivity index (χ1) is 15.4. The molecule has 2 atom stereocenters. The summed E-state index contributed by atoms with van der Waals surface area (Å²) in [6.45, 7) is 4.23. The Morgan fingerprint density at radius 1 is 0.938 bits per heavy atom. The molecule has 1 aliphatic heterocycles. The summed E-state index contributed by atoms with van der Waals surface area (Å²) >= 11 is 0. The maximum Gasteiger partial charge on any atom is 0.251 e. The van der Waals surface area contributed by atoms with Gasteiger partial charge in [0.15, 0.2) is 11.5 Å². The van der Waals surface area contributed by atoms with Gasteiger partial charge in [0, 0.05) is 30.7 Å². The van der Waals surface area contributed by atoms with Crippen LogP contribution in [0.1, 0.15) is 55.8 Å². The highest BCUT2D eigenvalue weighted by Gasteiger charge is 2.26. The second-order valence-corrected chi connectivity index (χ2v) is 8.87. The van der Waals surface area contributed by atoms with Gasteiger partial charge in [-0.05, 0) is 43.7 Å². The normalized spacial score (nSPS) is 22.1. The zero-order chi connectivity index (χ0) is 23.1. The van der Waals surface area contributed by atoms with Crippen molar-refractivity contribution in [2.24, 2.45) is 5.92 Å². The number of carbonyl (C=O) groups is 2. The highest BCUT2D eigenvalue weighted by molar-refractivity contribution is 5.95. The lowest BCUT2D eigenvalue weighted by Gasteiger charge is -2.33. The molecule has 3 rings (SSSR count). The van der Waals surface area contributed by atoms with E-state index in [9.17, 15) is 9.59 Å². The minimum absolute atomic E-state index is 0.0688. The number of rotatable bonds is 8. The van der Waals surface area contributed by atoms with Gasteiger partial charge in [-0.15, -0.1) is 0 Å². The lowest BCUT2D eigenvalue weighted by molar-refractivity contribution is -0.123. The summed E-state index contributed by atoms with van der Waals surface area (Å²) in [7, 11) is 4.59. The van der Waals surface area contributed by atoms with Crippen LogP contribution in [0.2, 0.25) is 0 Å². The Hall–Kier alpha value is -2.48. The van der Waals surface area contributed by atoms with E-state index in [0.717, 1.165) is 32.4 Å². The van der Waals surface area contributed by atoms with Crippen molar-refractivity contribution in [2.45, 2.75) is 57.5 Å². The first-order valence-electron chi connectivity index (χ1n) is 11.6. The van der Waals surface area contributed by atoms with E-state index in [4.69, 9.17) is 14.2 Å². The van der Waals surface area contributed by atoms with E-state index in [1.807, 2.05) is 0 Å². The summed E-state index contributed by atoms with van der Waals surface area (Å²) in [5, 5.41) is 6.33. The van der Waals surface area contributed by atoms with Crippen LogP contribution in [0.15, 0.2) is 12.1 Å². The number of ether oxygens (including phenoxy) is 3. The maximum absolute atomic E-state index is 12.8. The zero-order valence-electron chi connectivity index (χ0n) is 19.7. The standard InChI is InChI=1S/C24H37N3O5/c1-16-7-5-6-8-19(16)26-22(28)15-27-11-9-18(10-12-27)25-24(29)17-13-20(30-2)23(32-4)21(14-17)31-3/h13-14,16,18-19H,5-12,15H2,1-4H3,(H,25,29)(H,26,28)/t16-,19+/m0/s1. The first kappa shape index (κ1) is 24.2. The number of likely N-dealkylation sites (tertiary alicyclic amines) is 1. The van der Waals surface area contributed by atoms with Gasteiger partial charge in [0.25, 0.3) is 5.91 Å². The summed E-state index contributed by atoms with van der Waals surface area (Å²) in [5.41, 5.74) is 0.461. The Kier molecular flexibility index (Phi) is 8.61. The van der Waals surface area contributed by atoms with Crippen LogP contribution < -0.4 is 24.8 Å². The van der Waals surface area contributed by atoms with Crippen molar-refractivity contribution in [3.05, 3.63) is 17.7 Å². The molecule has 0 spiro atoms. The maximum atomic E-state index is 12.8. The lowest BCUT2D eigenvalue weighted by atomic mass is 9.86. The second kappa shape index (κ2) is 11.4. The number of piperidine rings is 1. The zero-order valence-corrected chi connectivity index (χ0v) is 19.7. The molecule has 8 nitrogen and oxygen atoms in total. The van der Waals surface area contributed by atoms with Crippen molar-refractivity contribution in [3.63, 3.8) is 0 Å². The number of methoxy groups -OCH3 is 3. The first-order valence-corrected chi connectivity index (χ1v) is 11.6. The average Bonchev–Trinajstić information content (AvgIpc) is 2.80. The molecule has 2 N–H and O–H groups in total. The Labute approximate surface area is 191 Å². The van der Waals surface area contributed by atoms with Gasteiger partial charge >= 0.3 is 0 Å².